The highest BCUT2D eigenvalue weighted by Gasteiger charge is 2.06. The number of nitrogens with one attached hydrogen (secondary N) is 1. The van der Waals surface area contributed by atoms with Crippen LogP contribution in [-0.2, 0) is 4.79 Å². The van der Waals surface area contributed by atoms with E-state index in [4.69, 9.17) is 5.11 Å². The molecular formula is C12H16N2O3S. The number of carbonyl (C=O) groups is 2. The molecule has 1 aromatic rings. The van der Waals surface area contributed by atoms with Crippen LogP contribution in [-0.4, -0.2) is 33.8 Å². The molecule has 0 saturated carbocycles. The summed E-state index contributed by atoms with van der Waals surface area (Å²) in [5.74, 6) is -0.405. The van der Waals surface area contributed by atoms with E-state index in [1.54, 1.807) is 0 Å². The topological polar surface area (TPSA) is 79.3 Å². The fourth-order valence-corrected chi connectivity index (χ4v) is 2.11. The fraction of sp³-hybridized carbons (Fsp3) is 0.417. The predicted octanol–water partition coefficient (Wildman–Crippen LogP) is 1.79. The van der Waals surface area contributed by atoms with Gasteiger partial charge in [0, 0.05) is 24.4 Å². The van der Waals surface area contributed by atoms with Crippen molar-refractivity contribution >= 4 is 23.6 Å². The summed E-state index contributed by atoms with van der Waals surface area (Å²) < 4.78 is 0. The second kappa shape index (κ2) is 7.00. The number of carboxylic acid groups (broad SMARTS) is 1. The van der Waals surface area contributed by atoms with Gasteiger partial charge in [-0.2, -0.15) is 0 Å². The Hall–Kier alpha value is -1.56. The molecule has 0 saturated heterocycles. The fourth-order valence-electron chi connectivity index (χ4n) is 1.26. The smallest absolute Gasteiger partial charge is 0.335 e. The maximum Gasteiger partial charge on any atom is 0.335 e. The Labute approximate surface area is 110 Å². The van der Waals surface area contributed by atoms with Crippen LogP contribution in [0.15, 0.2) is 23.4 Å². The van der Waals surface area contributed by atoms with Crippen molar-refractivity contribution in [2.24, 2.45) is 0 Å². The SMILES string of the molecule is CC(C)NC(=O)CCSc1cc(C(=O)O)ccn1. The average Bonchev–Trinajstić information content (AvgIpc) is 2.28. The zero-order valence-corrected chi connectivity index (χ0v) is 11.2. The number of pyridine rings is 1. The van der Waals surface area contributed by atoms with Gasteiger partial charge in [0.2, 0.25) is 5.91 Å². The van der Waals surface area contributed by atoms with Crippen LogP contribution >= 0.6 is 11.8 Å². The molecule has 1 rings (SSSR count). The summed E-state index contributed by atoms with van der Waals surface area (Å²) in [6.45, 7) is 3.81. The van der Waals surface area contributed by atoms with Crippen molar-refractivity contribution in [1.29, 1.82) is 0 Å². The molecule has 0 unspecified atom stereocenters. The Bertz CT molecular complexity index is 435. The van der Waals surface area contributed by atoms with Gasteiger partial charge in [-0.05, 0) is 26.0 Å². The molecule has 5 nitrogen and oxygen atoms in total. The van der Waals surface area contributed by atoms with Crippen LogP contribution in [0.1, 0.15) is 30.6 Å². The quantitative estimate of drug-likeness (QED) is 0.769. The van der Waals surface area contributed by atoms with E-state index in [9.17, 15) is 9.59 Å². The lowest BCUT2D eigenvalue weighted by molar-refractivity contribution is -0.121. The second-order valence-corrected chi connectivity index (χ2v) is 5.12. The van der Waals surface area contributed by atoms with Crippen LogP contribution in [0.25, 0.3) is 0 Å². The summed E-state index contributed by atoms with van der Waals surface area (Å²) in [5.41, 5.74) is 0.208. The number of aromatic nitrogens is 1. The van der Waals surface area contributed by atoms with Crippen molar-refractivity contribution in [2.75, 3.05) is 5.75 Å². The first kappa shape index (κ1) is 14.5. The summed E-state index contributed by atoms with van der Waals surface area (Å²) >= 11 is 1.37. The molecule has 1 aromatic heterocycles. The molecule has 0 aromatic carbocycles. The molecule has 0 aliphatic rings. The van der Waals surface area contributed by atoms with E-state index in [0.717, 1.165) is 0 Å². The van der Waals surface area contributed by atoms with Crippen molar-refractivity contribution in [3.05, 3.63) is 23.9 Å². The highest BCUT2D eigenvalue weighted by atomic mass is 32.2. The number of thioether (sulfide) groups is 1. The van der Waals surface area contributed by atoms with Gasteiger partial charge in [-0.25, -0.2) is 9.78 Å². The number of carboxylic acids is 1. The van der Waals surface area contributed by atoms with Gasteiger partial charge in [-0.1, -0.05) is 0 Å². The van der Waals surface area contributed by atoms with Gasteiger partial charge in [0.05, 0.1) is 10.6 Å². The molecule has 98 valence electrons. The third kappa shape index (κ3) is 5.18. The minimum Gasteiger partial charge on any atom is -0.478 e. The molecule has 1 heterocycles. The van der Waals surface area contributed by atoms with Gasteiger partial charge in [-0.3, -0.25) is 4.79 Å². The van der Waals surface area contributed by atoms with Crippen molar-refractivity contribution in [3.8, 4) is 0 Å². The molecular weight excluding hydrogens is 252 g/mol. The van der Waals surface area contributed by atoms with Gasteiger partial charge in [0.1, 0.15) is 0 Å². The molecule has 0 fully saturated rings. The second-order valence-electron chi connectivity index (χ2n) is 4.01. The monoisotopic (exact) mass is 268 g/mol. The van der Waals surface area contributed by atoms with Gasteiger partial charge >= 0.3 is 5.97 Å². The average molecular weight is 268 g/mol. The Morgan fingerprint density at radius 2 is 2.22 bits per heavy atom. The van der Waals surface area contributed by atoms with E-state index in [0.29, 0.717) is 17.2 Å². The maximum atomic E-state index is 11.4. The zero-order chi connectivity index (χ0) is 13.5. The minimum atomic E-state index is -0.975. The Morgan fingerprint density at radius 1 is 1.50 bits per heavy atom. The highest BCUT2D eigenvalue weighted by molar-refractivity contribution is 7.99. The van der Waals surface area contributed by atoms with Gasteiger partial charge in [0.15, 0.2) is 0 Å². The standard InChI is InChI=1S/C12H16N2O3S/c1-8(2)14-10(15)4-6-18-11-7-9(12(16)17)3-5-13-11/h3,5,7-8H,4,6H2,1-2H3,(H,14,15)(H,16,17). The Balaban J connectivity index is 2.42. The Kier molecular flexibility index (Phi) is 5.64. The normalized spacial score (nSPS) is 10.4. The summed E-state index contributed by atoms with van der Waals surface area (Å²) in [4.78, 5) is 26.2. The molecule has 0 radical (unpaired) electrons. The van der Waals surface area contributed by atoms with Crippen molar-refractivity contribution < 1.29 is 14.7 Å². The zero-order valence-electron chi connectivity index (χ0n) is 10.3. The number of aromatic carboxylic acids is 1. The third-order valence-corrected chi connectivity index (χ3v) is 2.94. The van der Waals surface area contributed by atoms with Gasteiger partial charge < -0.3 is 10.4 Å². The Morgan fingerprint density at radius 3 is 2.83 bits per heavy atom. The third-order valence-electron chi connectivity index (χ3n) is 2.01. The molecule has 2 N–H and O–H groups in total. The lowest BCUT2D eigenvalue weighted by atomic mass is 10.3. The molecule has 0 aliphatic carbocycles. The van der Waals surface area contributed by atoms with E-state index in [-0.39, 0.29) is 17.5 Å². The van der Waals surface area contributed by atoms with Gasteiger partial charge in [0.25, 0.3) is 0 Å². The first-order valence-electron chi connectivity index (χ1n) is 5.60. The van der Waals surface area contributed by atoms with E-state index in [2.05, 4.69) is 10.3 Å². The molecule has 6 heteroatoms. The summed E-state index contributed by atoms with van der Waals surface area (Å²) in [6.07, 6.45) is 1.85. The van der Waals surface area contributed by atoms with E-state index in [1.807, 2.05) is 13.8 Å². The van der Waals surface area contributed by atoms with Crippen LogP contribution in [0.4, 0.5) is 0 Å². The van der Waals surface area contributed by atoms with Crippen LogP contribution in [0.3, 0.4) is 0 Å². The minimum absolute atomic E-state index is 0.00751. The molecule has 0 spiro atoms. The largest absolute Gasteiger partial charge is 0.478 e. The molecule has 18 heavy (non-hydrogen) atoms. The van der Waals surface area contributed by atoms with E-state index >= 15 is 0 Å². The molecule has 1 amide bonds. The number of hydrogen-bond acceptors (Lipinski definition) is 4. The van der Waals surface area contributed by atoms with Crippen molar-refractivity contribution in [1.82, 2.24) is 10.3 Å². The van der Waals surface area contributed by atoms with Crippen molar-refractivity contribution in [3.63, 3.8) is 0 Å². The number of rotatable bonds is 6. The first-order valence-corrected chi connectivity index (χ1v) is 6.59. The highest BCUT2D eigenvalue weighted by Crippen LogP contribution is 2.17. The van der Waals surface area contributed by atoms with Crippen LogP contribution in [0.2, 0.25) is 0 Å². The van der Waals surface area contributed by atoms with Crippen molar-refractivity contribution in [2.45, 2.75) is 31.3 Å². The number of amides is 1. The lowest BCUT2D eigenvalue weighted by Gasteiger charge is -2.07. The molecule has 0 aliphatic heterocycles. The van der Waals surface area contributed by atoms with Crippen LogP contribution in [0.5, 0.6) is 0 Å². The maximum absolute atomic E-state index is 11.4. The van der Waals surface area contributed by atoms with E-state index in [1.165, 1.54) is 30.1 Å². The number of nitrogens with zero attached hydrogens (tertiary/aromatic N) is 1. The molecule has 0 bridgehead atoms. The first-order chi connectivity index (χ1) is 8.49. The predicted molar refractivity (Wildman–Crippen MR) is 69.8 cm³/mol. The summed E-state index contributed by atoms with van der Waals surface area (Å²) in [6, 6.07) is 3.08. The van der Waals surface area contributed by atoms with Crippen LogP contribution < -0.4 is 5.32 Å². The van der Waals surface area contributed by atoms with E-state index < -0.39 is 5.97 Å². The molecule has 0 atom stereocenters. The number of carbonyl (C=O) groups excluding carboxylic acids is 1. The lowest BCUT2D eigenvalue weighted by Crippen LogP contribution is -2.30. The number of hydrogen-bond donors (Lipinski definition) is 2. The summed E-state index contributed by atoms with van der Waals surface area (Å²) in [5, 5.41) is 12.2. The van der Waals surface area contributed by atoms with Crippen LogP contribution in [0, 0.1) is 0 Å². The van der Waals surface area contributed by atoms with Gasteiger partial charge in [-0.15, -0.1) is 11.8 Å². The summed E-state index contributed by atoms with van der Waals surface area (Å²) in [7, 11) is 0.